The van der Waals surface area contributed by atoms with Crippen molar-refractivity contribution < 1.29 is 1.37 Å². The first-order valence-corrected chi connectivity index (χ1v) is 15.1. The van der Waals surface area contributed by atoms with Gasteiger partial charge in [0, 0.05) is 0 Å². The van der Waals surface area contributed by atoms with Crippen LogP contribution in [0.25, 0.3) is 6.05 Å². The molecule has 0 radical (unpaired) electrons. The van der Waals surface area contributed by atoms with Gasteiger partial charge < -0.3 is 0 Å². The van der Waals surface area contributed by atoms with Crippen molar-refractivity contribution in [2.45, 2.75) is 0 Å². The molecule has 0 spiro atoms. The van der Waals surface area contributed by atoms with Gasteiger partial charge in [-0.15, -0.1) is 0 Å². The van der Waals surface area contributed by atoms with Crippen LogP contribution in [-0.4, -0.2) is 18.4 Å². The zero-order chi connectivity index (χ0) is 19.2. The average Bonchev–Trinajstić information content (AvgIpc) is 2.80. The van der Waals surface area contributed by atoms with Crippen molar-refractivity contribution in [2.75, 3.05) is 0 Å². The van der Waals surface area contributed by atoms with Crippen molar-refractivity contribution in [1.82, 2.24) is 0 Å². The first-order valence-electron chi connectivity index (χ1n) is 9.72. The summed E-state index contributed by atoms with van der Waals surface area (Å²) in [5.74, 6) is 0. The molecule has 0 saturated carbocycles. The number of rotatable bonds is 5. The number of benzene rings is 4. The van der Waals surface area contributed by atoms with Gasteiger partial charge in [-0.25, -0.2) is 0 Å². The van der Waals surface area contributed by atoms with E-state index in [4.69, 9.17) is 1.37 Å². The molecule has 0 nitrogen and oxygen atoms in total. The molecule has 1 heteroatoms. The molecule has 4 aromatic rings. The summed E-state index contributed by atoms with van der Waals surface area (Å²) >= 11 is -3.53. The first kappa shape index (κ1) is 16.6. The quantitative estimate of drug-likeness (QED) is 0.392. The summed E-state index contributed by atoms with van der Waals surface area (Å²) in [5, 5.41) is 0. The minimum absolute atomic E-state index is 0.605. The third-order valence-corrected chi connectivity index (χ3v) is 17.2. The second kappa shape index (κ2) is 8.41. The Morgan fingerprint density at radius 2 is 0.815 bits per heavy atom. The Hall–Kier alpha value is -2.58. The molecule has 0 aromatic heterocycles. The van der Waals surface area contributed by atoms with Gasteiger partial charge in [0.25, 0.3) is 0 Å². The third-order valence-electron chi connectivity index (χ3n) is 4.92. The molecule has 0 N–H and O–H groups in total. The normalized spacial score (nSPS) is 12.4. The summed E-state index contributed by atoms with van der Waals surface area (Å²) in [6.07, 6.45) is 0. The minimum atomic E-state index is -3.53. The topological polar surface area (TPSA) is 0 Å². The molecule has 0 aliphatic carbocycles. The van der Waals surface area contributed by atoms with Crippen molar-refractivity contribution in [3.05, 3.63) is 131 Å². The second-order valence-corrected chi connectivity index (χ2v) is 16.9. The van der Waals surface area contributed by atoms with E-state index in [2.05, 4.69) is 95.1 Å². The first-order chi connectivity index (χ1) is 13.8. The van der Waals surface area contributed by atoms with Crippen LogP contribution < -0.4 is 10.7 Å². The molecule has 130 valence electrons. The van der Waals surface area contributed by atoms with Gasteiger partial charge in [-0.3, -0.25) is 0 Å². The van der Waals surface area contributed by atoms with E-state index in [1.807, 2.05) is 30.3 Å². The Bertz CT molecular complexity index is 946. The van der Waals surface area contributed by atoms with Gasteiger partial charge in [0.2, 0.25) is 0 Å². The fourth-order valence-electron chi connectivity index (χ4n) is 3.58. The predicted octanol–water partition coefficient (Wildman–Crippen LogP) is 4.41. The van der Waals surface area contributed by atoms with Gasteiger partial charge in [-0.05, 0) is 0 Å². The van der Waals surface area contributed by atoms with E-state index in [1.165, 1.54) is 10.7 Å². The van der Waals surface area contributed by atoms with E-state index >= 15 is 0 Å². The zero-order valence-corrected chi connectivity index (χ0v) is 18.0. The molecular formula is C26H22Sn. The fourth-order valence-corrected chi connectivity index (χ4v) is 15.1. The Morgan fingerprint density at radius 3 is 1.19 bits per heavy atom. The summed E-state index contributed by atoms with van der Waals surface area (Å²) in [6, 6.07) is 43.0. The molecule has 0 aliphatic heterocycles. The molecule has 27 heavy (non-hydrogen) atoms. The molecule has 0 atom stereocenters. The van der Waals surface area contributed by atoms with Crippen molar-refractivity contribution >= 4 is 35.2 Å². The molecule has 4 aromatic carbocycles. The summed E-state index contributed by atoms with van der Waals surface area (Å²) in [5.41, 5.74) is 0.964. The van der Waals surface area contributed by atoms with Crippen molar-refractivity contribution in [2.24, 2.45) is 0 Å². The van der Waals surface area contributed by atoms with Crippen LogP contribution in [0, 0.1) is 0 Å². The van der Waals surface area contributed by atoms with Gasteiger partial charge >= 0.3 is 168 Å². The van der Waals surface area contributed by atoms with Crippen LogP contribution in [0.4, 0.5) is 0 Å². The van der Waals surface area contributed by atoms with Gasteiger partial charge in [-0.1, -0.05) is 0 Å². The molecule has 0 saturated heterocycles. The Morgan fingerprint density at radius 1 is 0.481 bits per heavy atom. The van der Waals surface area contributed by atoms with Crippen LogP contribution in [0.15, 0.2) is 125 Å². The van der Waals surface area contributed by atoms with Crippen LogP contribution in [0.3, 0.4) is 0 Å². The van der Waals surface area contributed by atoms with Gasteiger partial charge in [0.15, 0.2) is 0 Å². The fraction of sp³-hybridized carbons (Fsp3) is 0. The van der Waals surface area contributed by atoms with Crippen LogP contribution in [0.1, 0.15) is 6.93 Å². The summed E-state index contributed by atoms with van der Waals surface area (Å²) in [4.78, 5) is 0. The molecule has 4 rings (SSSR count). The summed E-state index contributed by atoms with van der Waals surface area (Å²) in [7, 11) is 0. The Balaban J connectivity index is 2.04. The maximum atomic E-state index is 8.93. The zero-order valence-electron chi connectivity index (χ0n) is 16.1. The number of hydrogen-bond donors (Lipinski definition) is 0. The number of hydrogen-bond acceptors (Lipinski definition) is 0. The van der Waals surface area contributed by atoms with E-state index in [0.29, 0.717) is 6.05 Å². The predicted molar refractivity (Wildman–Crippen MR) is 119 cm³/mol. The molecule has 0 fully saturated rings. The van der Waals surface area contributed by atoms with Crippen LogP contribution in [0.5, 0.6) is 0 Å². The monoisotopic (exact) mass is 455 g/mol. The van der Waals surface area contributed by atoms with Gasteiger partial charge in [0.1, 0.15) is 0 Å². The van der Waals surface area contributed by atoms with Gasteiger partial charge in [-0.2, -0.15) is 0 Å². The molecule has 0 bridgehead atoms. The molecule has 0 unspecified atom stereocenters. The summed E-state index contributed by atoms with van der Waals surface area (Å²) in [6.45, 7) is 0. The van der Waals surface area contributed by atoms with Crippen LogP contribution >= 0.6 is 0 Å². The van der Waals surface area contributed by atoms with E-state index < -0.39 is 18.4 Å². The Labute approximate surface area is 167 Å². The van der Waals surface area contributed by atoms with E-state index in [9.17, 15) is 0 Å². The van der Waals surface area contributed by atoms with Crippen molar-refractivity contribution in [3.63, 3.8) is 0 Å². The van der Waals surface area contributed by atoms with Crippen molar-refractivity contribution in [1.29, 1.82) is 0 Å². The standard InChI is InChI=1S/C8H7.3C6H5.Sn/c1-2-8-6-4-3-5-7-8;3*1-2-4-6-5-3-1;/h1-7H;3*1-5H;/i2D;;;;. The molecule has 0 heterocycles. The Kier molecular flexibility index (Phi) is 5.16. The third kappa shape index (κ3) is 3.76. The SMILES string of the molecule is [2H]/C(=[CH]\[Sn]([c]1ccccc1)([c]1ccccc1)[c]1ccccc1)c1ccccc1. The average molecular weight is 454 g/mol. The van der Waals surface area contributed by atoms with Crippen LogP contribution in [-0.2, 0) is 0 Å². The van der Waals surface area contributed by atoms with Crippen molar-refractivity contribution in [3.8, 4) is 0 Å². The molecular weight excluding hydrogens is 431 g/mol. The summed E-state index contributed by atoms with van der Waals surface area (Å²) < 4.78 is 15.3. The van der Waals surface area contributed by atoms with E-state index in [1.54, 1.807) is 0 Å². The van der Waals surface area contributed by atoms with Crippen LogP contribution in [0.2, 0.25) is 0 Å². The van der Waals surface area contributed by atoms with E-state index in [0.717, 1.165) is 5.56 Å². The van der Waals surface area contributed by atoms with E-state index in [-0.39, 0.29) is 0 Å². The maximum absolute atomic E-state index is 8.93. The molecule has 0 amide bonds. The van der Waals surface area contributed by atoms with Gasteiger partial charge in [0.05, 0.1) is 0 Å². The molecule has 0 aliphatic rings. The second-order valence-electron chi connectivity index (χ2n) is 6.56.